The number of carbonyl (C=O) groups is 1. The first-order chi connectivity index (χ1) is 6.46. The molecule has 1 N–H and O–H groups in total. The van der Waals surface area contributed by atoms with E-state index in [2.05, 4.69) is 12.2 Å². The van der Waals surface area contributed by atoms with E-state index in [9.17, 15) is 4.79 Å². The van der Waals surface area contributed by atoms with E-state index in [-0.39, 0.29) is 12.0 Å². The molecule has 0 amide bonds. The summed E-state index contributed by atoms with van der Waals surface area (Å²) in [6.45, 7) is 8.02. The van der Waals surface area contributed by atoms with E-state index in [0.717, 1.165) is 11.5 Å². The number of rotatable bonds is 6. The van der Waals surface area contributed by atoms with Crippen LogP contribution in [0, 0.1) is 0 Å². The molecule has 0 saturated carbocycles. The predicted molar refractivity (Wildman–Crippen MR) is 61.7 cm³/mol. The van der Waals surface area contributed by atoms with Crippen LogP contribution in [0.5, 0.6) is 0 Å². The van der Waals surface area contributed by atoms with E-state index in [1.165, 1.54) is 7.11 Å². The van der Waals surface area contributed by atoms with Crippen molar-refractivity contribution >= 4 is 17.7 Å². The highest BCUT2D eigenvalue weighted by atomic mass is 32.2. The molecule has 4 heteroatoms. The van der Waals surface area contributed by atoms with Crippen molar-refractivity contribution in [3.8, 4) is 0 Å². The average molecular weight is 219 g/mol. The third-order valence-corrected chi connectivity index (χ3v) is 3.03. The summed E-state index contributed by atoms with van der Waals surface area (Å²) >= 11 is 1.74. The number of thioether (sulfide) groups is 1. The van der Waals surface area contributed by atoms with Gasteiger partial charge >= 0.3 is 5.97 Å². The Kier molecular flexibility index (Phi) is 6.20. The molecule has 0 aliphatic carbocycles. The van der Waals surface area contributed by atoms with E-state index in [1.807, 2.05) is 20.8 Å². The molecule has 0 bridgehead atoms. The van der Waals surface area contributed by atoms with Crippen molar-refractivity contribution in [1.82, 2.24) is 5.32 Å². The fraction of sp³-hybridized carbons (Fsp3) is 0.900. The van der Waals surface area contributed by atoms with E-state index in [0.29, 0.717) is 0 Å². The molecule has 3 nitrogen and oxygen atoms in total. The van der Waals surface area contributed by atoms with E-state index >= 15 is 0 Å². The van der Waals surface area contributed by atoms with Gasteiger partial charge in [-0.3, -0.25) is 10.1 Å². The van der Waals surface area contributed by atoms with Crippen LogP contribution in [0.15, 0.2) is 0 Å². The highest BCUT2D eigenvalue weighted by Gasteiger charge is 2.34. The van der Waals surface area contributed by atoms with Crippen LogP contribution >= 0.6 is 11.8 Å². The minimum absolute atomic E-state index is 0.188. The molecule has 1 atom stereocenters. The number of ether oxygens (including phenoxy) is 1. The largest absolute Gasteiger partial charge is 0.468 e. The Labute approximate surface area is 91.0 Å². The van der Waals surface area contributed by atoms with Crippen LogP contribution in [-0.4, -0.2) is 36.2 Å². The van der Waals surface area contributed by atoms with Crippen molar-refractivity contribution in [2.45, 2.75) is 39.3 Å². The summed E-state index contributed by atoms with van der Waals surface area (Å²) < 4.78 is 4.80. The van der Waals surface area contributed by atoms with E-state index in [1.54, 1.807) is 11.8 Å². The summed E-state index contributed by atoms with van der Waals surface area (Å²) in [5.41, 5.74) is -0.566. The van der Waals surface area contributed by atoms with Crippen LogP contribution in [0.1, 0.15) is 27.7 Å². The summed E-state index contributed by atoms with van der Waals surface area (Å²) in [4.78, 5) is 11.6. The minimum Gasteiger partial charge on any atom is -0.468 e. The second kappa shape index (κ2) is 6.30. The van der Waals surface area contributed by atoms with Gasteiger partial charge < -0.3 is 4.74 Å². The summed E-state index contributed by atoms with van der Waals surface area (Å²) in [6.07, 6.45) is 0. The third kappa shape index (κ3) is 4.33. The van der Waals surface area contributed by atoms with Gasteiger partial charge in [-0.05, 0) is 26.5 Å². The van der Waals surface area contributed by atoms with Crippen molar-refractivity contribution in [3.05, 3.63) is 0 Å². The molecule has 0 aromatic rings. The number of methoxy groups -OCH3 is 1. The first-order valence-corrected chi connectivity index (χ1v) is 6.05. The van der Waals surface area contributed by atoms with E-state index in [4.69, 9.17) is 4.74 Å². The molecular formula is C10H21NO2S. The normalized spacial score (nSPS) is 15.3. The molecule has 0 heterocycles. The van der Waals surface area contributed by atoms with Gasteiger partial charge in [0.25, 0.3) is 0 Å². The van der Waals surface area contributed by atoms with Crippen molar-refractivity contribution < 1.29 is 9.53 Å². The van der Waals surface area contributed by atoms with Crippen molar-refractivity contribution in [2.75, 3.05) is 18.6 Å². The Morgan fingerprint density at radius 2 is 2.14 bits per heavy atom. The molecule has 1 unspecified atom stereocenters. The maximum atomic E-state index is 11.6. The van der Waals surface area contributed by atoms with Gasteiger partial charge in [-0.25, -0.2) is 0 Å². The van der Waals surface area contributed by atoms with Crippen LogP contribution in [0.25, 0.3) is 0 Å². The Balaban J connectivity index is 4.40. The Morgan fingerprint density at radius 1 is 1.57 bits per heavy atom. The minimum atomic E-state index is -0.566. The molecule has 0 aliphatic heterocycles. The lowest BCUT2D eigenvalue weighted by Gasteiger charge is -2.29. The number of carbonyl (C=O) groups excluding carboxylic acids is 1. The smallest absolute Gasteiger partial charge is 0.326 e. The molecule has 0 aromatic carbocycles. The van der Waals surface area contributed by atoms with Gasteiger partial charge in [0, 0.05) is 11.8 Å². The molecular weight excluding hydrogens is 198 g/mol. The molecule has 0 fully saturated rings. The lowest BCUT2D eigenvalue weighted by Crippen LogP contribution is -2.54. The van der Waals surface area contributed by atoms with Crippen molar-refractivity contribution in [2.24, 2.45) is 0 Å². The summed E-state index contributed by atoms with van der Waals surface area (Å²) in [5, 5.41) is 3.25. The monoisotopic (exact) mass is 219 g/mol. The maximum Gasteiger partial charge on any atom is 0.326 e. The first kappa shape index (κ1) is 13.8. The molecule has 14 heavy (non-hydrogen) atoms. The summed E-state index contributed by atoms with van der Waals surface area (Å²) in [7, 11) is 1.43. The standard InChI is InChI=1S/C10H21NO2S/c1-6-14-7-10(4,9(12)13-5)11-8(2)3/h8,11H,6-7H2,1-5H3. The summed E-state index contributed by atoms with van der Waals surface area (Å²) in [6, 6.07) is 0.275. The van der Waals surface area contributed by atoms with Crippen molar-refractivity contribution in [1.29, 1.82) is 0 Å². The van der Waals surface area contributed by atoms with Gasteiger partial charge in [0.1, 0.15) is 5.54 Å². The zero-order valence-corrected chi connectivity index (χ0v) is 10.5. The van der Waals surface area contributed by atoms with Crippen LogP contribution in [0.2, 0.25) is 0 Å². The Morgan fingerprint density at radius 3 is 2.50 bits per heavy atom. The molecule has 0 spiro atoms. The highest BCUT2D eigenvalue weighted by Crippen LogP contribution is 2.15. The zero-order valence-electron chi connectivity index (χ0n) is 9.72. The molecule has 84 valence electrons. The van der Waals surface area contributed by atoms with Crippen LogP contribution < -0.4 is 5.32 Å². The van der Waals surface area contributed by atoms with Gasteiger partial charge in [-0.2, -0.15) is 11.8 Å². The average Bonchev–Trinajstić information content (AvgIpc) is 2.12. The predicted octanol–water partition coefficient (Wildman–Crippen LogP) is 1.67. The second-order valence-electron chi connectivity index (χ2n) is 3.76. The molecule has 0 aliphatic rings. The highest BCUT2D eigenvalue weighted by molar-refractivity contribution is 7.99. The van der Waals surface area contributed by atoms with Gasteiger partial charge in [-0.1, -0.05) is 6.92 Å². The third-order valence-electron chi connectivity index (χ3n) is 1.84. The molecule has 0 rings (SSSR count). The van der Waals surface area contributed by atoms with E-state index < -0.39 is 5.54 Å². The summed E-state index contributed by atoms with van der Waals surface area (Å²) in [5.74, 6) is 1.56. The topological polar surface area (TPSA) is 38.3 Å². The Bertz CT molecular complexity index is 185. The van der Waals surface area contributed by atoms with Crippen LogP contribution in [-0.2, 0) is 9.53 Å². The number of hydrogen-bond donors (Lipinski definition) is 1. The lowest BCUT2D eigenvalue weighted by molar-refractivity contribution is -0.147. The zero-order chi connectivity index (χ0) is 11.2. The van der Waals surface area contributed by atoms with Crippen molar-refractivity contribution in [3.63, 3.8) is 0 Å². The number of esters is 1. The second-order valence-corrected chi connectivity index (χ2v) is 5.03. The molecule has 0 aromatic heterocycles. The van der Waals surface area contributed by atoms with Gasteiger partial charge in [0.2, 0.25) is 0 Å². The fourth-order valence-electron chi connectivity index (χ4n) is 1.33. The van der Waals surface area contributed by atoms with Gasteiger partial charge in [0.15, 0.2) is 0 Å². The van der Waals surface area contributed by atoms with Crippen LogP contribution in [0.3, 0.4) is 0 Å². The Hall–Kier alpha value is -0.220. The lowest BCUT2D eigenvalue weighted by atomic mass is 10.0. The van der Waals surface area contributed by atoms with Gasteiger partial charge in [0.05, 0.1) is 7.11 Å². The maximum absolute atomic E-state index is 11.6. The fourth-order valence-corrected chi connectivity index (χ4v) is 2.14. The first-order valence-electron chi connectivity index (χ1n) is 4.90. The quantitative estimate of drug-likeness (QED) is 0.690. The molecule has 0 saturated heterocycles. The number of nitrogens with one attached hydrogen (secondary N) is 1. The molecule has 0 radical (unpaired) electrons. The SMILES string of the molecule is CCSCC(C)(NC(C)C)C(=O)OC. The van der Waals surface area contributed by atoms with Crippen LogP contribution in [0.4, 0.5) is 0 Å². The van der Waals surface area contributed by atoms with Gasteiger partial charge in [-0.15, -0.1) is 0 Å². The number of hydrogen-bond acceptors (Lipinski definition) is 4.